The average molecular weight is 295 g/mol. The lowest BCUT2D eigenvalue weighted by atomic mass is 10.2. The SMILES string of the molecule is CCN[C@H](C)CNC(=O)c1ccccc1SCC(N)=O. The number of primary amides is 1. The Kier molecular flexibility index (Phi) is 7.11. The summed E-state index contributed by atoms with van der Waals surface area (Å²) < 4.78 is 0. The van der Waals surface area contributed by atoms with Crippen LogP contribution in [0.3, 0.4) is 0 Å². The number of carbonyl (C=O) groups is 2. The number of nitrogens with two attached hydrogens (primary N) is 1. The molecule has 4 N–H and O–H groups in total. The van der Waals surface area contributed by atoms with Crippen molar-refractivity contribution >= 4 is 23.6 Å². The summed E-state index contributed by atoms with van der Waals surface area (Å²) in [5.41, 5.74) is 5.70. The Morgan fingerprint density at radius 1 is 1.35 bits per heavy atom. The summed E-state index contributed by atoms with van der Waals surface area (Å²) in [6.07, 6.45) is 0. The van der Waals surface area contributed by atoms with Crippen LogP contribution in [0.1, 0.15) is 24.2 Å². The van der Waals surface area contributed by atoms with Crippen molar-refractivity contribution in [3.8, 4) is 0 Å². The maximum Gasteiger partial charge on any atom is 0.252 e. The molecule has 1 atom stereocenters. The second kappa shape index (κ2) is 8.60. The van der Waals surface area contributed by atoms with Crippen LogP contribution in [0.25, 0.3) is 0 Å². The number of benzene rings is 1. The molecule has 0 spiro atoms. The molecule has 0 bridgehead atoms. The Morgan fingerprint density at radius 3 is 2.70 bits per heavy atom. The van der Waals surface area contributed by atoms with E-state index >= 15 is 0 Å². The van der Waals surface area contributed by atoms with E-state index in [1.54, 1.807) is 12.1 Å². The van der Waals surface area contributed by atoms with Crippen molar-refractivity contribution in [2.45, 2.75) is 24.8 Å². The van der Waals surface area contributed by atoms with Gasteiger partial charge < -0.3 is 16.4 Å². The third-order valence-electron chi connectivity index (χ3n) is 2.62. The first-order valence-electron chi connectivity index (χ1n) is 6.56. The number of likely N-dealkylation sites (N-methyl/N-ethyl adjacent to an activating group) is 1. The summed E-state index contributed by atoms with van der Waals surface area (Å²) in [4.78, 5) is 23.7. The fourth-order valence-corrected chi connectivity index (χ4v) is 2.48. The van der Waals surface area contributed by atoms with E-state index in [4.69, 9.17) is 5.73 Å². The fourth-order valence-electron chi connectivity index (χ4n) is 1.69. The second-order valence-electron chi connectivity index (χ2n) is 4.42. The Balaban J connectivity index is 2.65. The Bertz CT molecular complexity index is 465. The molecule has 2 amide bonds. The maximum absolute atomic E-state index is 12.2. The van der Waals surface area contributed by atoms with Crippen molar-refractivity contribution in [1.82, 2.24) is 10.6 Å². The topological polar surface area (TPSA) is 84.2 Å². The van der Waals surface area contributed by atoms with Crippen LogP contribution in [-0.2, 0) is 4.79 Å². The quantitative estimate of drug-likeness (QED) is 0.625. The van der Waals surface area contributed by atoms with Crippen molar-refractivity contribution in [3.05, 3.63) is 29.8 Å². The van der Waals surface area contributed by atoms with E-state index in [0.29, 0.717) is 12.1 Å². The third-order valence-corrected chi connectivity index (χ3v) is 3.72. The molecule has 110 valence electrons. The zero-order valence-electron chi connectivity index (χ0n) is 11.8. The van der Waals surface area contributed by atoms with E-state index in [1.807, 2.05) is 26.0 Å². The fraction of sp³-hybridized carbons (Fsp3) is 0.429. The summed E-state index contributed by atoms with van der Waals surface area (Å²) in [5.74, 6) is -0.369. The molecular weight excluding hydrogens is 274 g/mol. The number of hydrogen-bond donors (Lipinski definition) is 3. The highest BCUT2D eigenvalue weighted by molar-refractivity contribution is 8.00. The van der Waals surface area contributed by atoms with Crippen LogP contribution in [0.2, 0.25) is 0 Å². The smallest absolute Gasteiger partial charge is 0.252 e. The van der Waals surface area contributed by atoms with E-state index in [9.17, 15) is 9.59 Å². The predicted molar refractivity (Wildman–Crippen MR) is 81.8 cm³/mol. The van der Waals surface area contributed by atoms with Gasteiger partial charge in [0, 0.05) is 17.5 Å². The zero-order valence-corrected chi connectivity index (χ0v) is 12.6. The monoisotopic (exact) mass is 295 g/mol. The van der Waals surface area contributed by atoms with E-state index < -0.39 is 5.91 Å². The van der Waals surface area contributed by atoms with Crippen molar-refractivity contribution in [2.75, 3.05) is 18.8 Å². The highest BCUT2D eigenvalue weighted by Crippen LogP contribution is 2.22. The second-order valence-corrected chi connectivity index (χ2v) is 5.44. The van der Waals surface area contributed by atoms with Gasteiger partial charge in [0.25, 0.3) is 5.91 Å². The largest absolute Gasteiger partial charge is 0.369 e. The first-order chi connectivity index (χ1) is 9.54. The first-order valence-corrected chi connectivity index (χ1v) is 7.54. The molecule has 0 aliphatic heterocycles. The van der Waals surface area contributed by atoms with Crippen LogP contribution in [0.5, 0.6) is 0 Å². The van der Waals surface area contributed by atoms with Crippen LogP contribution in [0, 0.1) is 0 Å². The van der Waals surface area contributed by atoms with Gasteiger partial charge in [0.15, 0.2) is 0 Å². The van der Waals surface area contributed by atoms with Gasteiger partial charge in [0.05, 0.1) is 11.3 Å². The molecule has 0 aliphatic rings. The minimum absolute atomic E-state index is 0.137. The number of thioether (sulfide) groups is 1. The molecule has 20 heavy (non-hydrogen) atoms. The molecule has 1 aromatic rings. The van der Waals surface area contributed by atoms with Crippen molar-refractivity contribution < 1.29 is 9.59 Å². The number of nitrogens with one attached hydrogen (secondary N) is 2. The number of hydrogen-bond acceptors (Lipinski definition) is 4. The molecule has 0 heterocycles. The summed E-state index contributed by atoms with van der Waals surface area (Å²) in [6.45, 7) is 5.45. The molecule has 0 unspecified atom stereocenters. The predicted octanol–water partition coefficient (Wildman–Crippen LogP) is 0.992. The molecule has 1 rings (SSSR count). The lowest BCUT2D eigenvalue weighted by Crippen LogP contribution is -2.38. The van der Waals surface area contributed by atoms with E-state index in [2.05, 4.69) is 10.6 Å². The van der Waals surface area contributed by atoms with Crippen LogP contribution in [0.15, 0.2) is 29.2 Å². The number of carbonyl (C=O) groups excluding carboxylic acids is 2. The molecule has 0 aromatic heterocycles. The van der Waals surface area contributed by atoms with Gasteiger partial charge in [-0.2, -0.15) is 0 Å². The van der Waals surface area contributed by atoms with Crippen molar-refractivity contribution in [3.63, 3.8) is 0 Å². The zero-order chi connectivity index (χ0) is 15.0. The number of amides is 2. The number of rotatable bonds is 8. The normalized spacial score (nSPS) is 11.9. The Hall–Kier alpha value is -1.53. The molecular formula is C14H21N3O2S. The van der Waals surface area contributed by atoms with Crippen LogP contribution >= 0.6 is 11.8 Å². The molecule has 0 saturated heterocycles. The minimum atomic E-state index is -0.397. The average Bonchev–Trinajstić information content (AvgIpc) is 2.43. The third kappa shape index (κ3) is 5.63. The lowest BCUT2D eigenvalue weighted by Gasteiger charge is -2.14. The van der Waals surface area contributed by atoms with Crippen LogP contribution in [0.4, 0.5) is 0 Å². The van der Waals surface area contributed by atoms with Crippen molar-refractivity contribution in [1.29, 1.82) is 0 Å². The van der Waals surface area contributed by atoms with E-state index in [0.717, 1.165) is 11.4 Å². The summed E-state index contributed by atoms with van der Waals surface area (Å²) >= 11 is 1.28. The van der Waals surface area contributed by atoms with Crippen LogP contribution in [-0.4, -0.2) is 36.7 Å². The molecule has 1 aromatic carbocycles. The van der Waals surface area contributed by atoms with Gasteiger partial charge in [-0.25, -0.2) is 0 Å². The van der Waals surface area contributed by atoms with Crippen molar-refractivity contribution in [2.24, 2.45) is 5.73 Å². The van der Waals surface area contributed by atoms with Crippen LogP contribution < -0.4 is 16.4 Å². The van der Waals surface area contributed by atoms with Gasteiger partial charge in [-0.15, -0.1) is 11.8 Å². The maximum atomic E-state index is 12.2. The Labute approximate surface area is 123 Å². The highest BCUT2D eigenvalue weighted by Gasteiger charge is 2.12. The lowest BCUT2D eigenvalue weighted by molar-refractivity contribution is -0.115. The van der Waals surface area contributed by atoms with Gasteiger partial charge in [-0.05, 0) is 25.6 Å². The molecule has 0 aliphatic carbocycles. The summed E-state index contributed by atoms with van der Waals surface area (Å²) in [7, 11) is 0. The molecule has 0 saturated carbocycles. The van der Waals surface area contributed by atoms with Gasteiger partial charge >= 0.3 is 0 Å². The summed E-state index contributed by atoms with van der Waals surface area (Å²) in [6, 6.07) is 7.42. The first kappa shape index (κ1) is 16.5. The van der Waals surface area contributed by atoms with Gasteiger partial charge in [0.2, 0.25) is 5.91 Å². The highest BCUT2D eigenvalue weighted by atomic mass is 32.2. The molecule has 0 radical (unpaired) electrons. The Morgan fingerprint density at radius 2 is 2.05 bits per heavy atom. The summed E-state index contributed by atoms with van der Waals surface area (Å²) in [5, 5.41) is 6.11. The molecule has 0 fully saturated rings. The van der Waals surface area contributed by atoms with Gasteiger partial charge in [-0.1, -0.05) is 19.1 Å². The van der Waals surface area contributed by atoms with Gasteiger partial charge in [-0.3, -0.25) is 9.59 Å². The van der Waals surface area contributed by atoms with E-state index in [-0.39, 0.29) is 17.7 Å². The van der Waals surface area contributed by atoms with Gasteiger partial charge in [0.1, 0.15) is 0 Å². The molecule has 5 nitrogen and oxygen atoms in total. The standard InChI is InChI=1S/C14H21N3O2S/c1-3-16-10(2)8-17-14(19)11-6-4-5-7-12(11)20-9-13(15)18/h4-7,10,16H,3,8-9H2,1-2H3,(H2,15,18)(H,17,19)/t10-/m1/s1. The minimum Gasteiger partial charge on any atom is -0.369 e. The molecule has 6 heteroatoms. The van der Waals surface area contributed by atoms with E-state index in [1.165, 1.54) is 11.8 Å².